The van der Waals surface area contributed by atoms with Crippen LogP contribution < -0.4 is 0 Å². The molecular weight excluding hydrogens is 280 g/mol. The smallest absolute Gasteiger partial charge is 0.257 e. The van der Waals surface area contributed by atoms with Gasteiger partial charge in [-0.3, -0.25) is 4.79 Å². The number of rotatable bonds is 2. The molecule has 1 fully saturated rings. The SMILES string of the molecule is O=C(c1cc(F)c(Cl)cc1F)N1CCOC(CO)C1. The molecule has 0 spiro atoms. The van der Waals surface area contributed by atoms with Crippen molar-refractivity contribution in [3.8, 4) is 0 Å². The molecule has 1 N–H and O–H groups in total. The minimum Gasteiger partial charge on any atom is -0.394 e. The number of ether oxygens (including phenoxy) is 1. The molecule has 1 saturated heterocycles. The Balaban J connectivity index is 2.22. The lowest BCUT2D eigenvalue weighted by molar-refractivity contribution is -0.0448. The molecule has 1 aliphatic rings. The van der Waals surface area contributed by atoms with Gasteiger partial charge in [0.25, 0.3) is 5.91 Å². The molecule has 1 atom stereocenters. The minimum atomic E-state index is -0.872. The maximum atomic E-state index is 13.6. The van der Waals surface area contributed by atoms with Gasteiger partial charge in [0.2, 0.25) is 0 Å². The summed E-state index contributed by atoms with van der Waals surface area (Å²) in [5.74, 6) is -2.36. The number of aliphatic hydroxyl groups excluding tert-OH is 1. The number of amides is 1. The van der Waals surface area contributed by atoms with E-state index in [9.17, 15) is 13.6 Å². The number of benzene rings is 1. The van der Waals surface area contributed by atoms with E-state index in [0.29, 0.717) is 0 Å². The first-order chi connectivity index (χ1) is 9.02. The summed E-state index contributed by atoms with van der Waals surface area (Å²) >= 11 is 5.43. The second-order valence-corrected chi connectivity index (χ2v) is 4.58. The zero-order valence-corrected chi connectivity index (χ0v) is 10.7. The maximum absolute atomic E-state index is 13.6. The largest absolute Gasteiger partial charge is 0.394 e. The second-order valence-electron chi connectivity index (χ2n) is 4.17. The molecular formula is C12H12ClF2NO3. The molecule has 104 valence electrons. The predicted molar refractivity (Wildman–Crippen MR) is 64.1 cm³/mol. The minimum absolute atomic E-state index is 0.138. The summed E-state index contributed by atoms with van der Waals surface area (Å²) in [6, 6.07) is 1.55. The summed E-state index contributed by atoms with van der Waals surface area (Å²) in [6.45, 7) is 0.411. The Morgan fingerprint density at radius 2 is 2.21 bits per heavy atom. The van der Waals surface area contributed by atoms with Gasteiger partial charge in [0.15, 0.2) is 0 Å². The van der Waals surface area contributed by atoms with Gasteiger partial charge in [-0.25, -0.2) is 8.78 Å². The highest BCUT2D eigenvalue weighted by molar-refractivity contribution is 6.30. The third-order valence-electron chi connectivity index (χ3n) is 2.87. The number of aliphatic hydroxyl groups is 1. The van der Waals surface area contributed by atoms with Gasteiger partial charge >= 0.3 is 0 Å². The van der Waals surface area contributed by atoms with Crippen LogP contribution in [-0.2, 0) is 4.74 Å². The van der Waals surface area contributed by atoms with Gasteiger partial charge in [0.1, 0.15) is 11.6 Å². The number of halogens is 3. The molecule has 0 bridgehead atoms. The fourth-order valence-electron chi connectivity index (χ4n) is 1.87. The van der Waals surface area contributed by atoms with Crippen LogP contribution in [0.15, 0.2) is 12.1 Å². The first-order valence-corrected chi connectivity index (χ1v) is 6.07. The third kappa shape index (κ3) is 3.02. The average molecular weight is 292 g/mol. The van der Waals surface area contributed by atoms with Gasteiger partial charge in [-0.1, -0.05) is 11.6 Å². The van der Waals surface area contributed by atoms with Crippen LogP contribution >= 0.6 is 11.6 Å². The van der Waals surface area contributed by atoms with Crippen LogP contribution in [-0.4, -0.2) is 48.3 Å². The Bertz CT molecular complexity index is 498. The van der Waals surface area contributed by atoms with E-state index >= 15 is 0 Å². The molecule has 19 heavy (non-hydrogen) atoms. The lowest BCUT2D eigenvalue weighted by Gasteiger charge is -2.32. The molecule has 1 aliphatic heterocycles. The molecule has 0 radical (unpaired) electrons. The monoisotopic (exact) mass is 291 g/mol. The first-order valence-electron chi connectivity index (χ1n) is 5.69. The van der Waals surface area contributed by atoms with Crippen LogP contribution in [0.1, 0.15) is 10.4 Å². The highest BCUT2D eigenvalue weighted by atomic mass is 35.5. The van der Waals surface area contributed by atoms with Gasteiger partial charge in [-0.05, 0) is 12.1 Å². The Labute approximate surface area is 113 Å². The van der Waals surface area contributed by atoms with E-state index in [2.05, 4.69) is 0 Å². The van der Waals surface area contributed by atoms with Crippen molar-refractivity contribution >= 4 is 17.5 Å². The topological polar surface area (TPSA) is 49.8 Å². The average Bonchev–Trinajstić information content (AvgIpc) is 2.42. The summed E-state index contributed by atoms with van der Waals surface area (Å²) < 4.78 is 32.1. The summed E-state index contributed by atoms with van der Waals surface area (Å²) in [5.41, 5.74) is -0.375. The predicted octanol–water partition coefficient (Wildman–Crippen LogP) is 1.45. The zero-order valence-electron chi connectivity index (χ0n) is 9.91. The Hall–Kier alpha value is -1.24. The number of carbonyl (C=O) groups excluding carboxylic acids is 1. The van der Waals surface area contributed by atoms with Crippen molar-refractivity contribution < 1.29 is 23.4 Å². The number of carbonyl (C=O) groups is 1. The van der Waals surface area contributed by atoms with E-state index in [1.165, 1.54) is 4.90 Å². The van der Waals surface area contributed by atoms with Crippen molar-refractivity contribution in [2.24, 2.45) is 0 Å². The zero-order chi connectivity index (χ0) is 14.0. The fraction of sp³-hybridized carbons (Fsp3) is 0.417. The standard InChI is InChI=1S/C12H12ClF2NO3/c13-9-4-10(14)8(3-11(9)15)12(18)16-1-2-19-7(5-16)6-17/h3-4,7,17H,1-2,5-6H2. The van der Waals surface area contributed by atoms with Gasteiger partial charge in [0.05, 0.1) is 29.9 Å². The van der Waals surface area contributed by atoms with Crippen LogP contribution in [0.5, 0.6) is 0 Å². The van der Waals surface area contributed by atoms with Gasteiger partial charge < -0.3 is 14.7 Å². The van der Waals surface area contributed by atoms with Crippen molar-refractivity contribution in [3.05, 3.63) is 34.4 Å². The van der Waals surface area contributed by atoms with E-state index in [4.69, 9.17) is 21.4 Å². The molecule has 1 amide bonds. The summed E-state index contributed by atoms with van der Waals surface area (Å²) in [6.07, 6.45) is -0.502. The van der Waals surface area contributed by atoms with Crippen molar-refractivity contribution in [3.63, 3.8) is 0 Å². The maximum Gasteiger partial charge on any atom is 0.257 e. The van der Waals surface area contributed by atoms with Crippen LogP contribution in [0.4, 0.5) is 8.78 Å². The van der Waals surface area contributed by atoms with Gasteiger partial charge in [-0.15, -0.1) is 0 Å². The highest BCUT2D eigenvalue weighted by Gasteiger charge is 2.27. The second kappa shape index (κ2) is 5.81. The molecule has 1 aromatic carbocycles. The molecule has 4 nitrogen and oxygen atoms in total. The quantitative estimate of drug-likeness (QED) is 0.839. The molecule has 7 heteroatoms. The summed E-state index contributed by atoms with van der Waals surface area (Å²) in [7, 11) is 0. The molecule has 2 rings (SSSR count). The molecule has 1 unspecified atom stereocenters. The molecule has 0 aliphatic carbocycles. The van der Waals surface area contributed by atoms with E-state index in [1.54, 1.807) is 0 Å². The Morgan fingerprint density at radius 3 is 2.89 bits per heavy atom. The molecule has 1 heterocycles. The van der Waals surface area contributed by atoms with Gasteiger partial charge in [-0.2, -0.15) is 0 Å². The van der Waals surface area contributed by atoms with Crippen LogP contribution in [0, 0.1) is 11.6 Å². The third-order valence-corrected chi connectivity index (χ3v) is 3.16. The molecule has 1 aromatic rings. The lowest BCUT2D eigenvalue weighted by atomic mass is 10.1. The summed E-state index contributed by atoms with van der Waals surface area (Å²) in [5, 5.41) is 8.61. The lowest BCUT2D eigenvalue weighted by Crippen LogP contribution is -2.47. The molecule has 0 saturated carbocycles. The highest BCUT2D eigenvalue weighted by Crippen LogP contribution is 2.21. The number of morpholine rings is 1. The molecule has 0 aromatic heterocycles. The van der Waals surface area contributed by atoms with Crippen molar-refractivity contribution in [1.82, 2.24) is 4.90 Å². The van der Waals surface area contributed by atoms with Crippen LogP contribution in [0.2, 0.25) is 5.02 Å². The van der Waals surface area contributed by atoms with E-state index in [0.717, 1.165) is 12.1 Å². The van der Waals surface area contributed by atoms with Gasteiger partial charge in [0, 0.05) is 13.1 Å². The number of hydrogen-bond donors (Lipinski definition) is 1. The Morgan fingerprint density at radius 1 is 1.47 bits per heavy atom. The number of hydrogen-bond acceptors (Lipinski definition) is 3. The Kier molecular flexibility index (Phi) is 4.34. The van der Waals surface area contributed by atoms with Crippen LogP contribution in [0.25, 0.3) is 0 Å². The van der Waals surface area contributed by atoms with E-state index in [-0.39, 0.29) is 36.9 Å². The van der Waals surface area contributed by atoms with Crippen molar-refractivity contribution in [2.75, 3.05) is 26.3 Å². The first kappa shape index (κ1) is 14.2. The van der Waals surface area contributed by atoms with Crippen molar-refractivity contribution in [2.45, 2.75) is 6.10 Å². The van der Waals surface area contributed by atoms with E-state index < -0.39 is 23.6 Å². The van der Waals surface area contributed by atoms with Crippen molar-refractivity contribution in [1.29, 1.82) is 0 Å². The number of nitrogens with zero attached hydrogens (tertiary/aromatic N) is 1. The fourth-order valence-corrected chi connectivity index (χ4v) is 2.02. The normalized spacial score (nSPS) is 19.6. The van der Waals surface area contributed by atoms with Crippen LogP contribution in [0.3, 0.4) is 0 Å². The van der Waals surface area contributed by atoms with E-state index in [1.807, 2.05) is 0 Å². The summed E-state index contributed by atoms with van der Waals surface area (Å²) in [4.78, 5) is 13.4.